The molecule has 1 aliphatic rings. The van der Waals surface area contributed by atoms with Crippen molar-refractivity contribution in [1.82, 2.24) is 5.23 Å². The summed E-state index contributed by atoms with van der Waals surface area (Å²) in [5.74, 6) is -0.495. The predicted molar refractivity (Wildman–Crippen MR) is 52.8 cm³/mol. The SMILES string of the molecule is O=C1C(Cc2ccccc2)=CCON1O. The van der Waals surface area contributed by atoms with Crippen molar-refractivity contribution in [1.29, 1.82) is 0 Å². The molecule has 0 aliphatic carbocycles. The first-order valence-corrected chi connectivity index (χ1v) is 4.66. The second-order valence-corrected chi connectivity index (χ2v) is 3.27. The first-order valence-electron chi connectivity index (χ1n) is 4.66. The van der Waals surface area contributed by atoms with E-state index in [9.17, 15) is 4.79 Å². The summed E-state index contributed by atoms with van der Waals surface area (Å²) < 4.78 is 0. The lowest BCUT2D eigenvalue weighted by molar-refractivity contribution is -0.310. The second-order valence-electron chi connectivity index (χ2n) is 3.27. The molecular formula is C11H11NO3. The molecule has 0 atom stereocenters. The summed E-state index contributed by atoms with van der Waals surface area (Å²) in [6.07, 6.45) is 2.20. The second kappa shape index (κ2) is 4.25. The number of amides is 1. The van der Waals surface area contributed by atoms with E-state index in [1.54, 1.807) is 6.08 Å². The maximum Gasteiger partial charge on any atom is 0.299 e. The van der Waals surface area contributed by atoms with Crippen molar-refractivity contribution in [3.63, 3.8) is 0 Å². The van der Waals surface area contributed by atoms with Gasteiger partial charge >= 0.3 is 0 Å². The van der Waals surface area contributed by atoms with E-state index >= 15 is 0 Å². The Labute approximate surface area is 87.3 Å². The van der Waals surface area contributed by atoms with Crippen molar-refractivity contribution in [3.8, 4) is 0 Å². The minimum Gasteiger partial charge on any atom is -0.265 e. The van der Waals surface area contributed by atoms with Gasteiger partial charge in [0.1, 0.15) is 0 Å². The quantitative estimate of drug-likeness (QED) is 0.741. The highest BCUT2D eigenvalue weighted by Crippen LogP contribution is 2.13. The van der Waals surface area contributed by atoms with Crippen molar-refractivity contribution >= 4 is 5.91 Å². The van der Waals surface area contributed by atoms with Gasteiger partial charge in [-0.1, -0.05) is 35.6 Å². The molecule has 0 aromatic heterocycles. The first-order chi connectivity index (χ1) is 7.27. The average Bonchev–Trinajstić information content (AvgIpc) is 2.26. The van der Waals surface area contributed by atoms with E-state index in [1.165, 1.54) is 0 Å². The van der Waals surface area contributed by atoms with Gasteiger partial charge in [-0.25, -0.2) is 4.84 Å². The molecule has 1 N–H and O–H groups in total. The molecule has 0 fully saturated rings. The van der Waals surface area contributed by atoms with Crippen molar-refractivity contribution in [2.75, 3.05) is 6.61 Å². The number of hydrogen-bond acceptors (Lipinski definition) is 3. The van der Waals surface area contributed by atoms with E-state index in [0.717, 1.165) is 5.56 Å². The standard InChI is InChI=1S/C11H11NO3/c13-11-10(6-7-15-12(11)14)8-9-4-2-1-3-5-9/h1-6,14H,7-8H2. The lowest BCUT2D eigenvalue weighted by atomic mass is 10.0. The van der Waals surface area contributed by atoms with E-state index in [0.29, 0.717) is 12.0 Å². The van der Waals surface area contributed by atoms with E-state index in [2.05, 4.69) is 4.84 Å². The number of carbonyl (C=O) groups is 1. The topological polar surface area (TPSA) is 49.8 Å². The lowest BCUT2D eigenvalue weighted by Crippen LogP contribution is -2.33. The molecule has 1 amide bonds. The molecular weight excluding hydrogens is 194 g/mol. The van der Waals surface area contributed by atoms with Crippen molar-refractivity contribution < 1.29 is 14.8 Å². The fourth-order valence-corrected chi connectivity index (χ4v) is 1.44. The molecule has 1 aliphatic heterocycles. The van der Waals surface area contributed by atoms with Crippen LogP contribution in [0.1, 0.15) is 5.56 Å². The molecule has 0 bridgehead atoms. The van der Waals surface area contributed by atoms with Gasteiger partial charge in [-0.15, -0.1) is 0 Å². The first kappa shape index (κ1) is 9.89. The van der Waals surface area contributed by atoms with E-state index in [4.69, 9.17) is 5.21 Å². The van der Waals surface area contributed by atoms with Crippen LogP contribution in [-0.4, -0.2) is 22.9 Å². The highest BCUT2D eigenvalue weighted by molar-refractivity contribution is 5.92. The molecule has 0 radical (unpaired) electrons. The third-order valence-electron chi connectivity index (χ3n) is 2.21. The average molecular weight is 205 g/mol. The maximum absolute atomic E-state index is 11.4. The maximum atomic E-state index is 11.4. The highest BCUT2D eigenvalue weighted by atomic mass is 16.9. The molecule has 4 nitrogen and oxygen atoms in total. The third-order valence-corrected chi connectivity index (χ3v) is 2.21. The van der Waals surface area contributed by atoms with Gasteiger partial charge in [0.15, 0.2) is 0 Å². The van der Waals surface area contributed by atoms with Gasteiger partial charge in [0.25, 0.3) is 5.91 Å². The molecule has 4 heteroatoms. The van der Waals surface area contributed by atoms with Crippen molar-refractivity contribution in [3.05, 3.63) is 47.5 Å². The Kier molecular flexibility index (Phi) is 2.80. The number of nitrogens with zero attached hydrogens (tertiary/aromatic N) is 1. The van der Waals surface area contributed by atoms with Crippen LogP contribution in [0.5, 0.6) is 0 Å². The summed E-state index contributed by atoms with van der Waals surface area (Å²) in [7, 11) is 0. The Morgan fingerprint density at radius 2 is 2.07 bits per heavy atom. The number of rotatable bonds is 2. The minimum atomic E-state index is -0.495. The predicted octanol–water partition coefficient (Wildman–Crippen LogP) is 1.32. The van der Waals surface area contributed by atoms with Gasteiger partial charge in [0, 0.05) is 12.0 Å². The Hall–Kier alpha value is -1.65. The molecule has 0 saturated carbocycles. The van der Waals surface area contributed by atoms with Gasteiger partial charge in [0.2, 0.25) is 0 Å². The van der Waals surface area contributed by atoms with Gasteiger partial charge < -0.3 is 0 Å². The number of carbonyl (C=O) groups excluding carboxylic acids is 1. The molecule has 1 aromatic carbocycles. The van der Waals surface area contributed by atoms with Crippen LogP contribution in [0.4, 0.5) is 0 Å². The number of hydrogen-bond donors (Lipinski definition) is 1. The summed E-state index contributed by atoms with van der Waals surface area (Å²) >= 11 is 0. The molecule has 0 saturated heterocycles. The van der Waals surface area contributed by atoms with Crippen LogP contribution in [-0.2, 0) is 16.1 Å². The van der Waals surface area contributed by atoms with Crippen LogP contribution >= 0.6 is 0 Å². The molecule has 15 heavy (non-hydrogen) atoms. The summed E-state index contributed by atoms with van der Waals surface area (Å²) in [5, 5.41) is 9.34. The van der Waals surface area contributed by atoms with Gasteiger partial charge in [-0.3, -0.25) is 10.0 Å². The summed E-state index contributed by atoms with van der Waals surface area (Å²) in [6.45, 7) is 0.227. The Bertz CT molecular complexity index is 386. The Morgan fingerprint density at radius 1 is 1.33 bits per heavy atom. The smallest absolute Gasteiger partial charge is 0.265 e. The Morgan fingerprint density at radius 3 is 2.80 bits per heavy atom. The van der Waals surface area contributed by atoms with Crippen LogP contribution in [0, 0.1) is 0 Å². The van der Waals surface area contributed by atoms with Crippen LogP contribution in [0.15, 0.2) is 42.0 Å². The summed E-state index contributed by atoms with van der Waals surface area (Å²) in [4.78, 5) is 16.0. The monoisotopic (exact) mass is 205 g/mol. The number of hydroxylamine groups is 2. The molecule has 1 heterocycles. The highest BCUT2D eigenvalue weighted by Gasteiger charge is 2.21. The van der Waals surface area contributed by atoms with Crippen molar-refractivity contribution in [2.24, 2.45) is 0 Å². The lowest BCUT2D eigenvalue weighted by Gasteiger charge is -2.19. The summed E-state index contributed by atoms with van der Waals surface area (Å²) in [5.41, 5.74) is 1.59. The van der Waals surface area contributed by atoms with E-state index in [1.807, 2.05) is 30.3 Å². The van der Waals surface area contributed by atoms with E-state index in [-0.39, 0.29) is 11.8 Å². The third kappa shape index (κ3) is 2.23. The number of benzene rings is 1. The van der Waals surface area contributed by atoms with Gasteiger partial charge in [-0.2, -0.15) is 0 Å². The largest absolute Gasteiger partial charge is 0.299 e. The zero-order valence-electron chi connectivity index (χ0n) is 8.09. The van der Waals surface area contributed by atoms with Gasteiger partial charge in [-0.05, 0) is 11.6 Å². The van der Waals surface area contributed by atoms with Crippen molar-refractivity contribution in [2.45, 2.75) is 6.42 Å². The van der Waals surface area contributed by atoms with Crippen LogP contribution in [0.2, 0.25) is 0 Å². The molecule has 1 aromatic rings. The molecule has 0 spiro atoms. The zero-order chi connectivity index (χ0) is 10.7. The fraction of sp³-hybridized carbons (Fsp3) is 0.182. The Balaban J connectivity index is 2.13. The molecule has 0 unspecified atom stereocenters. The molecule has 2 rings (SSSR count). The van der Waals surface area contributed by atoms with Crippen LogP contribution in [0.25, 0.3) is 0 Å². The minimum absolute atomic E-state index is 0.227. The fourth-order valence-electron chi connectivity index (χ4n) is 1.44. The normalized spacial score (nSPS) is 16.5. The zero-order valence-corrected chi connectivity index (χ0v) is 8.09. The van der Waals surface area contributed by atoms with E-state index < -0.39 is 5.91 Å². The molecule has 78 valence electrons. The van der Waals surface area contributed by atoms with Crippen LogP contribution in [0.3, 0.4) is 0 Å². The summed E-state index contributed by atoms with van der Waals surface area (Å²) in [6, 6.07) is 9.62. The van der Waals surface area contributed by atoms with Gasteiger partial charge in [0.05, 0.1) is 6.61 Å². The van der Waals surface area contributed by atoms with Crippen LogP contribution < -0.4 is 0 Å².